The summed E-state index contributed by atoms with van der Waals surface area (Å²) in [6.07, 6.45) is 6.04. The Bertz CT molecular complexity index is 1360. The average molecular weight is 427 g/mol. The van der Waals surface area contributed by atoms with Crippen molar-refractivity contribution in [3.8, 4) is 22.9 Å². The molecule has 4 heterocycles. The van der Waals surface area contributed by atoms with Gasteiger partial charge in [0, 0.05) is 37.6 Å². The first-order chi connectivity index (χ1) is 15.5. The number of nitrogens with two attached hydrogens (primary N) is 1. The van der Waals surface area contributed by atoms with E-state index in [9.17, 15) is 4.79 Å². The summed E-state index contributed by atoms with van der Waals surface area (Å²) in [4.78, 5) is 30.1. The van der Waals surface area contributed by atoms with Crippen LogP contribution in [0.25, 0.3) is 27.7 Å². The summed E-state index contributed by atoms with van der Waals surface area (Å²) < 4.78 is 7.80. The predicted octanol–water partition coefficient (Wildman–Crippen LogP) is 2.96. The summed E-state index contributed by atoms with van der Waals surface area (Å²) in [5.41, 5.74) is 11.7. The monoisotopic (exact) mass is 427 g/mol. The van der Waals surface area contributed by atoms with Gasteiger partial charge < -0.3 is 19.9 Å². The van der Waals surface area contributed by atoms with Crippen LogP contribution in [-0.2, 0) is 11.8 Å². The molecule has 0 unspecified atom stereocenters. The molecule has 32 heavy (non-hydrogen) atoms. The lowest BCUT2D eigenvalue weighted by Crippen LogP contribution is -2.18. The van der Waals surface area contributed by atoms with Crippen LogP contribution in [-0.4, -0.2) is 48.9 Å². The van der Waals surface area contributed by atoms with Crippen molar-refractivity contribution in [1.29, 1.82) is 0 Å². The minimum atomic E-state index is 0.298. The van der Waals surface area contributed by atoms with Gasteiger partial charge >= 0.3 is 6.01 Å². The zero-order valence-corrected chi connectivity index (χ0v) is 17.7. The van der Waals surface area contributed by atoms with E-state index in [1.54, 1.807) is 11.1 Å². The molecule has 0 aliphatic carbocycles. The molecule has 1 aliphatic rings. The molecule has 3 aromatic heterocycles. The van der Waals surface area contributed by atoms with Gasteiger partial charge in [0.25, 0.3) is 0 Å². The van der Waals surface area contributed by atoms with Crippen LogP contribution in [0.1, 0.15) is 11.4 Å². The van der Waals surface area contributed by atoms with Gasteiger partial charge in [0.15, 0.2) is 0 Å². The fourth-order valence-electron chi connectivity index (χ4n) is 4.03. The topological polar surface area (TPSA) is 112 Å². The molecule has 5 rings (SSSR count). The first kappa shape index (κ1) is 19.7. The second-order valence-corrected chi connectivity index (χ2v) is 7.61. The predicted molar refractivity (Wildman–Crippen MR) is 121 cm³/mol. The first-order valence-electron chi connectivity index (χ1n) is 10.1. The van der Waals surface area contributed by atoms with Crippen molar-refractivity contribution in [3.05, 3.63) is 60.3 Å². The largest absolute Gasteiger partial charge is 0.424 e. The molecule has 0 saturated heterocycles. The van der Waals surface area contributed by atoms with Crippen molar-refractivity contribution in [2.45, 2.75) is 6.92 Å². The number of aryl methyl sites for hydroxylation is 2. The zero-order valence-electron chi connectivity index (χ0n) is 17.7. The molecule has 1 amide bonds. The molecule has 160 valence electrons. The van der Waals surface area contributed by atoms with Gasteiger partial charge in [-0.3, -0.25) is 4.79 Å². The highest BCUT2D eigenvalue weighted by molar-refractivity contribution is 6.06. The van der Waals surface area contributed by atoms with Gasteiger partial charge in [-0.1, -0.05) is 18.2 Å². The third-order valence-corrected chi connectivity index (χ3v) is 5.52. The minimum Gasteiger partial charge on any atom is -0.424 e. The Morgan fingerprint density at radius 2 is 1.94 bits per heavy atom. The molecule has 0 bridgehead atoms. The van der Waals surface area contributed by atoms with Crippen molar-refractivity contribution >= 4 is 28.8 Å². The van der Waals surface area contributed by atoms with Crippen LogP contribution in [0.15, 0.2) is 48.9 Å². The van der Waals surface area contributed by atoms with Gasteiger partial charge in [-0.05, 0) is 36.3 Å². The molecule has 0 spiro atoms. The smallest absolute Gasteiger partial charge is 0.322 e. The summed E-state index contributed by atoms with van der Waals surface area (Å²) >= 11 is 0. The Kier molecular flexibility index (Phi) is 4.78. The number of benzene rings is 1. The van der Waals surface area contributed by atoms with Gasteiger partial charge in [-0.25, -0.2) is 19.9 Å². The maximum Gasteiger partial charge on any atom is 0.322 e. The van der Waals surface area contributed by atoms with Gasteiger partial charge in [-0.15, -0.1) is 0 Å². The van der Waals surface area contributed by atoms with E-state index in [-0.39, 0.29) is 0 Å². The molecule has 0 fully saturated rings. The SMILES string of the molecule is Cc1ccnc(Oc2ccc(-c3c(C4=CCN(C=O)C4)n(C)c4ncnc(N)c34)cc2)n1. The van der Waals surface area contributed by atoms with Gasteiger partial charge in [0.05, 0.1) is 11.1 Å². The molecule has 1 aromatic carbocycles. The number of carbonyl (C=O) groups is 1. The van der Waals surface area contributed by atoms with E-state index in [1.807, 2.05) is 48.9 Å². The highest BCUT2D eigenvalue weighted by Gasteiger charge is 2.25. The Morgan fingerprint density at radius 3 is 2.66 bits per heavy atom. The molecule has 0 saturated carbocycles. The minimum absolute atomic E-state index is 0.298. The molecule has 0 atom stereocenters. The van der Waals surface area contributed by atoms with E-state index >= 15 is 0 Å². The van der Waals surface area contributed by atoms with Crippen LogP contribution < -0.4 is 10.5 Å². The third kappa shape index (κ3) is 3.33. The van der Waals surface area contributed by atoms with E-state index in [1.165, 1.54) is 6.33 Å². The second kappa shape index (κ2) is 7.77. The van der Waals surface area contributed by atoms with Gasteiger partial charge in [0.1, 0.15) is 23.5 Å². The average Bonchev–Trinajstić information content (AvgIpc) is 3.38. The molecule has 4 aromatic rings. The number of ether oxygens (including phenoxy) is 1. The normalized spacial score (nSPS) is 13.4. The maximum atomic E-state index is 11.3. The molecular weight excluding hydrogens is 406 g/mol. The number of fused-ring (bicyclic) bond motifs is 1. The van der Waals surface area contributed by atoms with Crippen LogP contribution >= 0.6 is 0 Å². The van der Waals surface area contributed by atoms with Crippen LogP contribution in [0.5, 0.6) is 11.8 Å². The fraction of sp³-hybridized carbons (Fsp3) is 0.174. The number of anilines is 1. The molecule has 9 nitrogen and oxygen atoms in total. The zero-order chi connectivity index (χ0) is 22.2. The molecule has 1 aliphatic heterocycles. The van der Waals surface area contributed by atoms with Gasteiger partial charge in [0.2, 0.25) is 6.41 Å². The highest BCUT2D eigenvalue weighted by atomic mass is 16.5. The summed E-state index contributed by atoms with van der Waals surface area (Å²) in [7, 11) is 1.95. The van der Waals surface area contributed by atoms with E-state index in [2.05, 4.69) is 26.0 Å². The summed E-state index contributed by atoms with van der Waals surface area (Å²) in [6.45, 7) is 2.99. The quantitative estimate of drug-likeness (QED) is 0.487. The number of carbonyl (C=O) groups excluding carboxylic acids is 1. The fourth-order valence-corrected chi connectivity index (χ4v) is 4.03. The molecular formula is C23H21N7O2. The van der Waals surface area contributed by atoms with Crippen LogP contribution in [0.3, 0.4) is 0 Å². The van der Waals surface area contributed by atoms with Crippen LogP contribution in [0.2, 0.25) is 0 Å². The van der Waals surface area contributed by atoms with Crippen LogP contribution in [0, 0.1) is 6.92 Å². The first-order valence-corrected chi connectivity index (χ1v) is 10.1. The van der Waals surface area contributed by atoms with Crippen molar-refractivity contribution < 1.29 is 9.53 Å². The van der Waals surface area contributed by atoms with E-state index in [0.29, 0.717) is 30.7 Å². The van der Waals surface area contributed by atoms with Crippen molar-refractivity contribution in [3.63, 3.8) is 0 Å². The van der Waals surface area contributed by atoms with Gasteiger partial charge in [-0.2, -0.15) is 0 Å². The second-order valence-electron chi connectivity index (χ2n) is 7.61. The number of rotatable bonds is 5. The Hall–Kier alpha value is -4.27. The van der Waals surface area contributed by atoms with E-state index in [4.69, 9.17) is 10.5 Å². The number of hydrogen-bond acceptors (Lipinski definition) is 7. The number of nitrogens with zero attached hydrogens (tertiary/aromatic N) is 6. The highest BCUT2D eigenvalue weighted by Crippen LogP contribution is 2.40. The summed E-state index contributed by atoms with van der Waals surface area (Å²) in [6, 6.07) is 9.76. The van der Waals surface area contributed by atoms with Crippen molar-refractivity contribution in [2.75, 3.05) is 18.8 Å². The lowest BCUT2D eigenvalue weighted by atomic mass is 9.99. The Morgan fingerprint density at radius 1 is 1.12 bits per heavy atom. The molecule has 2 N–H and O–H groups in total. The standard InChI is InChI=1S/C23H21N7O2/c1-14-7-9-25-23(28-14)32-17-5-3-15(4-6-17)18-19-21(24)26-12-27-22(19)29(2)20(18)16-8-10-30(11-16)13-31/h3-9,12-13H,10-11H2,1-2H3,(H2,24,26,27). The Labute approximate surface area is 184 Å². The Balaban J connectivity index is 1.60. The summed E-state index contributed by atoms with van der Waals surface area (Å²) in [5, 5.41) is 0.783. The van der Waals surface area contributed by atoms with Crippen molar-refractivity contribution in [2.24, 2.45) is 7.05 Å². The summed E-state index contributed by atoms with van der Waals surface area (Å²) in [5.74, 6) is 1.03. The number of hydrogen-bond donors (Lipinski definition) is 1. The molecule has 0 radical (unpaired) electrons. The lowest BCUT2D eigenvalue weighted by molar-refractivity contribution is -0.116. The van der Waals surface area contributed by atoms with Crippen molar-refractivity contribution in [1.82, 2.24) is 29.4 Å². The van der Waals surface area contributed by atoms with E-state index < -0.39 is 0 Å². The third-order valence-electron chi connectivity index (χ3n) is 5.52. The lowest BCUT2D eigenvalue weighted by Gasteiger charge is -2.12. The number of amides is 1. The number of nitrogen functional groups attached to an aromatic ring is 1. The molecule has 9 heteroatoms. The van der Waals surface area contributed by atoms with Crippen LogP contribution in [0.4, 0.5) is 5.82 Å². The number of aromatic nitrogens is 5. The van der Waals surface area contributed by atoms with E-state index in [0.717, 1.165) is 45.5 Å². The maximum absolute atomic E-state index is 11.3.